The van der Waals surface area contributed by atoms with Crippen molar-refractivity contribution in [2.24, 2.45) is 0 Å². The standard InChI is InChI=1S/C23H26N4O2/c1-17-23(28)25(2)12-13-26(17)15-19-16-27(20-9-5-4-6-10-20)24-22(19)18-8-7-11-21(14-18)29-3/h4-11,14,16-17H,12-13,15H2,1-3H3/t17-/m0/s1. The maximum Gasteiger partial charge on any atom is 0.239 e. The zero-order valence-corrected chi connectivity index (χ0v) is 17.1. The highest BCUT2D eigenvalue weighted by Gasteiger charge is 2.30. The van der Waals surface area contributed by atoms with Crippen LogP contribution in [-0.4, -0.2) is 58.8 Å². The van der Waals surface area contributed by atoms with Crippen LogP contribution < -0.4 is 4.74 Å². The number of carbonyl (C=O) groups is 1. The molecule has 2 aromatic carbocycles. The van der Waals surface area contributed by atoms with Crippen LogP contribution in [0.25, 0.3) is 16.9 Å². The van der Waals surface area contributed by atoms with Crippen molar-refractivity contribution in [1.29, 1.82) is 0 Å². The van der Waals surface area contributed by atoms with E-state index in [0.29, 0.717) is 6.54 Å². The number of para-hydroxylation sites is 1. The van der Waals surface area contributed by atoms with Gasteiger partial charge in [-0.2, -0.15) is 5.10 Å². The highest BCUT2D eigenvalue weighted by Crippen LogP contribution is 2.28. The van der Waals surface area contributed by atoms with Crippen LogP contribution in [0.4, 0.5) is 0 Å². The molecule has 0 spiro atoms. The Morgan fingerprint density at radius 3 is 2.66 bits per heavy atom. The van der Waals surface area contributed by atoms with Crippen LogP contribution >= 0.6 is 0 Å². The molecule has 150 valence electrons. The first-order valence-corrected chi connectivity index (χ1v) is 9.84. The highest BCUT2D eigenvalue weighted by molar-refractivity contribution is 5.82. The average molecular weight is 390 g/mol. The Hall–Kier alpha value is -3.12. The van der Waals surface area contributed by atoms with Gasteiger partial charge in [0.15, 0.2) is 0 Å². The predicted octanol–water partition coefficient (Wildman–Crippen LogP) is 3.21. The van der Waals surface area contributed by atoms with Crippen molar-refractivity contribution in [3.8, 4) is 22.7 Å². The number of likely N-dealkylation sites (N-methyl/N-ethyl adjacent to an activating group) is 1. The number of ether oxygens (including phenoxy) is 1. The second kappa shape index (κ2) is 8.09. The molecular weight excluding hydrogens is 364 g/mol. The molecule has 2 heterocycles. The number of carbonyl (C=O) groups excluding carboxylic acids is 1. The van der Waals surface area contributed by atoms with Crippen LogP contribution in [0.3, 0.4) is 0 Å². The fourth-order valence-electron chi connectivity index (χ4n) is 3.74. The Labute approximate surface area is 171 Å². The molecule has 1 aliphatic heterocycles. The third-order valence-corrected chi connectivity index (χ3v) is 5.53. The lowest BCUT2D eigenvalue weighted by molar-refractivity contribution is -0.139. The number of aromatic nitrogens is 2. The molecular formula is C23H26N4O2. The summed E-state index contributed by atoms with van der Waals surface area (Å²) in [6.07, 6.45) is 2.07. The number of amides is 1. The van der Waals surface area contributed by atoms with E-state index in [1.165, 1.54) is 0 Å². The van der Waals surface area contributed by atoms with Gasteiger partial charge in [0.1, 0.15) is 5.75 Å². The quantitative estimate of drug-likeness (QED) is 0.671. The number of hydrogen-bond acceptors (Lipinski definition) is 4. The normalized spacial score (nSPS) is 17.6. The molecule has 1 atom stereocenters. The zero-order valence-electron chi connectivity index (χ0n) is 17.1. The SMILES string of the molecule is COc1cccc(-c2nn(-c3ccccc3)cc2CN2CCN(C)C(=O)[C@@H]2C)c1. The number of hydrogen-bond donors (Lipinski definition) is 0. The van der Waals surface area contributed by atoms with E-state index in [2.05, 4.69) is 11.1 Å². The van der Waals surface area contributed by atoms with Crippen LogP contribution in [0.2, 0.25) is 0 Å². The van der Waals surface area contributed by atoms with E-state index in [1.54, 1.807) is 12.0 Å². The van der Waals surface area contributed by atoms with Gasteiger partial charge in [0.25, 0.3) is 0 Å². The van der Waals surface area contributed by atoms with Crippen molar-refractivity contribution in [1.82, 2.24) is 19.6 Å². The van der Waals surface area contributed by atoms with Gasteiger partial charge in [-0.05, 0) is 31.2 Å². The summed E-state index contributed by atoms with van der Waals surface area (Å²) < 4.78 is 7.31. The number of methoxy groups -OCH3 is 1. The lowest BCUT2D eigenvalue weighted by atomic mass is 10.1. The molecule has 3 aromatic rings. The minimum atomic E-state index is -0.146. The van der Waals surface area contributed by atoms with E-state index < -0.39 is 0 Å². The van der Waals surface area contributed by atoms with Gasteiger partial charge in [-0.15, -0.1) is 0 Å². The number of piperazine rings is 1. The lowest BCUT2D eigenvalue weighted by Crippen LogP contribution is -2.53. The van der Waals surface area contributed by atoms with Crippen LogP contribution in [0.1, 0.15) is 12.5 Å². The van der Waals surface area contributed by atoms with Crippen molar-refractivity contribution in [3.63, 3.8) is 0 Å². The Kier molecular flexibility index (Phi) is 5.36. The molecule has 4 rings (SSSR count). The monoisotopic (exact) mass is 390 g/mol. The van der Waals surface area contributed by atoms with Gasteiger partial charge in [0, 0.05) is 44.0 Å². The van der Waals surface area contributed by atoms with Crippen LogP contribution in [0.5, 0.6) is 5.75 Å². The third-order valence-electron chi connectivity index (χ3n) is 5.53. The van der Waals surface area contributed by atoms with Crippen molar-refractivity contribution in [2.75, 3.05) is 27.2 Å². The van der Waals surface area contributed by atoms with Gasteiger partial charge in [-0.1, -0.05) is 30.3 Å². The third kappa shape index (κ3) is 3.89. The largest absolute Gasteiger partial charge is 0.497 e. The van der Waals surface area contributed by atoms with Crippen LogP contribution in [0.15, 0.2) is 60.8 Å². The van der Waals surface area contributed by atoms with Crippen LogP contribution in [-0.2, 0) is 11.3 Å². The van der Waals surface area contributed by atoms with Crippen LogP contribution in [0, 0.1) is 0 Å². The molecule has 1 fully saturated rings. The van der Waals surface area contributed by atoms with E-state index in [1.807, 2.05) is 73.3 Å². The lowest BCUT2D eigenvalue weighted by Gasteiger charge is -2.37. The fourth-order valence-corrected chi connectivity index (χ4v) is 3.74. The average Bonchev–Trinajstić information content (AvgIpc) is 3.19. The smallest absolute Gasteiger partial charge is 0.239 e. The molecule has 6 nitrogen and oxygen atoms in total. The number of benzene rings is 2. The van der Waals surface area contributed by atoms with Gasteiger partial charge in [-0.3, -0.25) is 9.69 Å². The van der Waals surface area contributed by atoms with Crippen molar-refractivity contribution in [2.45, 2.75) is 19.5 Å². The molecule has 0 bridgehead atoms. The molecule has 6 heteroatoms. The minimum absolute atomic E-state index is 0.146. The van der Waals surface area contributed by atoms with E-state index in [-0.39, 0.29) is 11.9 Å². The summed E-state index contributed by atoms with van der Waals surface area (Å²) in [6.45, 7) is 4.23. The summed E-state index contributed by atoms with van der Waals surface area (Å²) in [5.41, 5.74) is 4.00. The summed E-state index contributed by atoms with van der Waals surface area (Å²) in [5.74, 6) is 0.959. The summed E-state index contributed by atoms with van der Waals surface area (Å²) in [4.78, 5) is 16.5. The van der Waals surface area contributed by atoms with Crippen molar-refractivity contribution < 1.29 is 9.53 Å². The van der Waals surface area contributed by atoms with Crippen molar-refractivity contribution >= 4 is 5.91 Å². The molecule has 29 heavy (non-hydrogen) atoms. The molecule has 0 aliphatic carbocycles. The molecule has 0 radical (unpaired) electrons. The molecule has 1 amide bonds. The maximum absolute atomic E-state index is 12.4. The molecule has 1 aromatic heterocycles. The zero-order chi connectivity index (χ0) is 20.4. The first-order chi connectivity index (χ1) is 14.1. The Morgan fingerprint density at radius 1 is 1.10 bits per heavy atom. The van der Waals surface area contributed by atoms with Gasteiger partial charge < -0.3 is 9.64 Å². The first kappa shape index (κ1) is 19.2. The number of rotatable bonds is 5. The highest BCUT2D eigenvalue weighted by atomic mass is 16.5. The maximum atomic E-state index is 12.4. The van der Waals surface area contributed by atoms with E-state index in [9.17, 15) is 4.79 Å². The molecule has 0 N–H and O–H groups in total. The second-order valence-corrected chi connectivity index (χ2v) is 7.42. The molecule has 0 saturated carbocycles. The summed E-state index contributed by atoms with van der Waals surface area (Å²) in [7, 11) is 3.53. The molecule has 1 aliphatic rings. The van der Waals surface area contributed by atoms with Gasteiger partial charge in [0.2, 0.25) is 5.91 Å². The van der Waals surface area contributed by atoms with Gasteiger partial charge >= 0.3 is 0 Å². The van der Waals surface area contributed by atoms with Crippen molar-refractivity contribution in [3.05, 3.63) is 66.4 Å². The van der Waals surface area contributed by atoms with E-state index in [0.717, 1.165) is 41.3 Å². The first-order valence-electron chi connectivity index (χ1n) is 9.84. The Balaban J connectivity index is 1.73. The van der Waals surface area contributed by atoms with Gasteiger partial charge in [-0.25, -0.2) is 4.68 Å². The minimum Gasteiger partial charge on any atom is -0.497 e. The predicted molar refractivity (Wildman–Crippen MR) is 113 cm³/mol. The summed E-state index contributed by atoms with van der Waals surface area (Å²) >= 11 is 0. The summed E-state index contributed by atoms with van der Waals surface area (Å²) in [5, 5.41) is 4.89. The second-order valence-electron chi connectivity index (χ2n) is 7.42. The van der Waals surface area contributed by atoms with E-state index >= 15 is 0 Å². The Morgan fingerprint density at radius 2 is 1.90 bits per heavy atom. The number of nitrogens with zero attached hydrogens (tertiary/aromatic N) is 4. The fraction of sp³-hybridized carbons (Fsp3) is 0.304. The Bertz CT molecular complexity index is 999. The topological polar surface area (TPSA) is 50.6 Å². The molecule has 1 saturated heterocycles. The summed E-state index contributed by atoms with van der Waals surface area (Å²) in [6, 6.07) is 17.9. The molecule has 0 unspecified atom stereocenters. The van der Waals surface area contributed by atoms with Gasteiger partial charge in [0.05, 0.1) is 24.5 Å². The van der Waals surface area contributed by atoms with E-state index in [4.69, 9.17) is 9.84 Å².